The third-order valence-corrected chi connectivity index (χ3v) is 5.79. The first-order valence-corrected chi connectivity index (χ1v) is 9.78. The Morgan fingerprint density at radius 1 is 1.40 bits per heavy atom. The summed E-state index contributed by atoms with van der Waals surface area (Å²) in [6.45, 7) is 7.45. The Bertz CT molecular complexity index is 803. The Morgan fingerprint density at radius 2 is 2.32 bits per heavy atom. The van der Waals surface area contributed by atoms with E-state index in [4.69, 9.17) is 0 Å². The fourth-order valence-electron chi connectivity index (χ4n) is 3.66. The molecule has 3 aromatic heterocycles. The number of hydrogen-bond acceptors (Lipinski definition) is 5. The highest BCUT2D eigenvalue weighted by atomic mass is 32.1. The zero-order valence-electron chi connectivity index (χ0n) is 14.7. The summed E-state index contributed by atoms with van der Waals surface area (Å²) < 4.78 is 2.21. The van der Waals surface area contributed by atoms with Crippen molar-refractivity contribution in [2.24, 2.45) is 0 Å². The van der Waals surface area contributed by atoms with Gasteiger partial charge in [-0.1, -0.05) is 6.07 Å². The van der Waals surface area contributed by atoms with Crippen LogP contribution in [-0.2, 0) is 6.54 Å². The lowest BCUT2D eigenvalue weighted by atomic mass is 9.96. The van der Waals surface area contributed by atoms with Crippen LogP contribution in [-0.4, -0.2) is 43.0 Å². The van der Waals surface area contributed by atoms with E-state index in [0.717, 1.165) is 31.2 Å². The number of piperidine rings is 1. The first-order valence-electron chi connectivity index (χ1n) is 8.90. The van der Waals surface area contributed by atoms with Gasteiger partial charge >= 0.3 is 0 Å². The molecule has 1 fully saturated rings. The second-order valence-electron chi connectivity index (χ2n) is 7.01. The molecule has 0 bridgehead atoms. The van der Waals surface area contributed by atoms with Gasteiger partial charge in [-0.25, -0.2) is 0 Å². The van der Waals surface area contributed by atoms with Crippen LogP contribution in [0.1, 0.15) is 50.0 Å². The molecule has 0 amide bonds. The number of H-pyrrole nitrogens is 1. The van der Waals surface area contributed by atoms with Gasteiger partial charge in [-0.2, -0.15) is 5.10 Å². The van der Waals surface area contributed by atoms with E-state index in [9.17, 15) is 0 Å². The third-order valence-electron chi connectivity index (χ3n) is 4.91. The van der Waals surface area contributed by atoms with Crippen molar-refractivity contribution < 1.29 is 0 Å². The van der Waals surface area contributed by atoms with Crippen LogP contribution in [0.5, 0.6) is 0 Å². The number of aromatic nitrogens is 5. The highest BCUT2D eigenvalue weighted by Gasteiger charge is 2.26. The Balaban J connectivity index is 1.49. The quantitative estimate of drug-likeness (QED) is 0.757. The molecule has 1 N–H and O–H groups in total. The molecule has 1 aliphatic heterocycles. The molecule has 1 saturated heterocycles. The van der Waals surface area contributed by atoms with Crippen LogP contribution in [0.25, 0.3) is 10.6 Å². The van der Waals surface area contributed by atoms with Gasteiger partial charge in [-0.15, -0.1) is 21.5 Å². The van der Waals surface area contributed by atoms with Gasteiger partial charge in [0.05, 0.1) is 16.8 Å². The fraction of sp³-hybridized carbons (Fsp3) is 0.500. The summed E-state index contributed by atoms with van der Waals surface area (Å²) in [6.07, 6.45) is 6.21. The summed E-state index contributed by atoms with van der Waals surface area (Å²) >= 11 is 1.75. The number of rotatable bonds is 5. The van der Waals surface area contributed by atoms with Crippen molar-refractivity contribution in [1.82, 2.24) is 29.9 Å². The minimum Gasteiger partial charge on any atom is -0.315 e. The molecule has 1 aliphatic rings. The fourth-order valence-corrected chi connectivity index (χ4v) is 4.41. The summed E-state index contributed by atoms with van der Waals surface area (Å²) in [7, 11) is 0. The van der Waals surface area contributed by atoms with Crippen LogP contribution in [0.4, 0.5) is 0 Å². The molecule has 1 atom stereocenters. The molecule has 4 heterocycles. The topological polar surface area (TPSA) is 62.6 Å². The maximum Gasteiger partial charge on any atom is 0.137 e. The predicted molar refractivity (Wildman–Crippen MR) is 99.6 cm³/mol. The lowest BCUT2D eigenvalue weighted by molar-refractivity contribution is 0.194. The highest BCUT2D eigenvalue weighted by Crippen LogP contribution is 2.30. The lowest BCUT2D eigenvalue weighted by Crippen LogP contribution is -2.35. The van der Waals surface area contributed by atoms with Gasteiger partial charge in [0.1, 0.15) is 12.2 Å². The van der Waals surface area contributed by atoms with E-state index in [1.54, 1.807) is 11.3 Å². The molecule has 0 aliphatic carbocycles. The number of aromatic amines is 1. The van der Waals surface area contributed by atoms with Crippen LogP contribution in [0.2, 0.25) is 0 Å². The molecular formula is C18H24N6S. The summed E-state index contributed by atoms with van der Waals surface area (Å²) in [5.41, 5.74) is 2.43. The molecule has 4 rings (SSSR count). The van der Waals surface area contributed by atoms with Gasteiger partial charge in [0, 0.05) is 30.6 Å². The second kappa shape index (κ2) is 7.09. The van der Waals surface area contributed by atoms with E-state index >= 15 is 0 Å². The Kier molecular flexibility index (Phi) is 4.67. The van der Waals surface area contributed by atoms with E-state index in [2.05, 4.69) is 61.2 Å². The molecule has 7 heteroatoms. The molecule has 1 unspecified atom stereocenters. The molecule has 3 aromatic rings. The lowest BCUT2D eigenvalue weighted by Gasteiger charge is -2.32. The van der Waals surface area contributed by atoms with Crippen molar-refractivity contribution in [1.29, 1.82) is 0 Å². The van der Waals surface area contributed by atoms with Gasteiger partial charge in [-0.05, 0) is 44.7 Å². The Labute approximate surface area is 151 Å². The van der Waals surface area contributed by atoms with Crippen LogP contribution < -0.4 is 0 Å². The van der Waals surface area contributed by atoms with Crippen LogP contribution in [0.3, 0.4) is 0 Å². The van der Waals surface area contributed by atoms with E-state index in [-0.39, 0.29) is 0 Å². The van der Waals surface area contributed by atoms with Gasteiger partial charge < -0.3 is 4.57 Å². The maximum absolute atomic E-state index is 4.42. The Morgan fingerprint density at radius 3 is 3.12 bits per heavy atom. The average molecular weight is 356 g/mol. The van der Waals surface area contributed by atoms with Gasteiger partial charge in [0.2, 0.25) is 0 Å². The average Bonchev–Trinajstić information content (AvgIpc) is 3.35. The molecule has 6 nitrogen and oxygen atoms in total. The van der Waals surface area contributed by atoms with Crippen molar-refractivity contribution >= 4 is 11.3 Å². The zero-order valence-corrected chi connectivity index (χ0v) is 15.5. The molecular weight excluding hydrogens is 332 g/mol. The van der Waals surface area contributed by atoms with Crippen LogP contribution >= 0.6 is 11.3 Å². The number of nitrogens with zero attached hydrogens (tertiary/aromatic N) is 5. The van der Waals surface area contributed by atoms with Crippen molar-refractivity contribution in [3.05, 3.63) is 41.4 Å². The van der Waals surface area contributed by atoms with Crippen molar-refractivity contribution in [2.45, 2.75) is 45.2 Å². The van der Waals surface area contributed by atoms with Crippen molar-refractivity contribution in [3.8, 4) is 10.6 Å². The highest BCUT2D eigenvalue weighted by molar-refractivity contribution is 7.13. The largest absolute Gasteiger partial charge is 0.315 e. The summed E-state index contributed by atoms with van der Waals surface area (Å²) in [5.74, 6) is 1.58. The standard InChI is InChI=1S/C18H24N6S/c1-13(2)24-12-20-22-18(24)14-5-3-7-23(10-14)11-15-9-19-21-17(15)16-6-4-8-25-16/h4,6,8-9,12-14H,3,5,7,10-11H2,1-2H3,(H,19,21). The van der Waals surface area contributed by atoms with Gasteiger partial charge in [0.25, 0.3) is 0 Å². The summed E-state index contributed by atoms with van der Waals surface area (Å²) in [4.78, 5) is 3.77. The van der Waals surface area contributed by atoms with Crippen LogP contribution in [0, 0.1) is 0 Å². The first-order chi connectivity index (χ1) is 12.2. The number of nitrogens with one attached hydrogen (secondary N) is 1. The Hall–Kier alpha value is -1.99. The molecule has 0 spiro atoms. The van der Waals surface area contributed by atoms with Crippen LogP contribution in [0.15, 0.2) is 30.0 Å². The summed E-state index contributed by atoms with van der Waals surface area (Å²) in [6, 6.07) is 4.63. The zero-order chi connectivity index (χ0) is 17.2. The minimum atomic E-state index is 0.402. The van der Waals surface area contributed by atoms with E-state index in [1.165, 1.54) is 23.3 Å². The molecule has 0 aromatic carbocycles. The molecule has 25 heavy (non-hydrogen) atoms. The van der Waals surface area contributed by atoms with E-state index in [1.807, 2.05) is 12.5 Å². The predicted octanol–water partition coefficient (Wildman–Crippen LogP) is 3.69. The monoisotopic (exact) mass is 356 g/mol. The molecule has 0 radical (unpaired) electrons. The van der Waals surface area contributed by atoms with E-state index < -0.39 is 0 Å². The SMILES string of the molecule is CC(C)n1cnnc1C1CCCN(Cc2cn[nH]c2-c2cccs2)C1. The summed E-state index contributed by atoms with van der Waals surface area (Å²) in [5, 5.41) is 18.1. The minimum absolute atomic E-state index is 0.402. The van der Waals surface area contributed by atoms with Gasteiger partial charge in [0.15, 0.2) is 0 Å². The van der Waals surface area contributed by atoms with Crippen molar-refractivity contribution in [2.75, 3.05) is 13.1 Å². The maximum atomic E-state index is 4.42. The van der Waals surface area contributed by atoms with E-state index in [0.29, 0.717) is 12.0 Å². The van der Waals surface area contributed by atoms with Crippen molar-refractivity contribution in [3.63, 3.8) is 0 Å². The normalized spacial score (nSPS) is 18.9. The number of hydrogen-bond donors (Lipinski definition) is 1. The molecule has 0 saturated carbocycles. The van der Waals surface area contributed by atoms with Gasteiger partial charge in [-0.3, -0.25) is 10.00 Å². The molecule has 132 valence electrons. The number of thiophene rings is 1. The second-order valence-corrected chi connectivity index (χ2v) is 7.96. The third kappa shape index (κ3) is 3.39. The smallest absolute Gasteiger partial charge is 0.137 e. The number of likely N-dealkylation sites (tertiary alicyclic amines) is 1. The first kappa shape index (κ1) is 16.5.